The number of aliphatic carboxylic acids is 1. The summed E-state index contributed by atoms with van der Waals surface area (Å²) in [5.74, 6) is -0.467. The lowest BCUT2D eigenvalue weighted by molar-refractivity contribution is -0.138. The molecule has 1 aliphatic heterocycles. The van der Waals surface area contributed by atoms with Crippen LogP contribution in [0.25, 0.3) is 0 Å². The molecule has 1 heterocycles. The van der Waals surface area contributed by atoms with Crippen LogP contribution in [0.1, 0.15) is 30.0 Å². The van der Waals surface area contributed by atoms with E-state index in [2.05, 4.69) is 0 Å². The summed E-state index contributed by atoms with van der Waals surface area (Å²) < 4.78 is 5.19. The first-order valence-corrected chi connectivity index (χ1v) is 8.26. The van der Waals surface area contributed by atoms with Crippen LogP contribution in [0, 0.1) is 12.8 Å². The summed E-state index contributed by atoms with van der Waals surface area (Å²) in [6.45, 7) is 2.00. The Hall–Kier alpha value is -2.82. The van der Waals surface area contributed by atoms with Crippen LogP contribution in [-0.4, -0.2) is 24.1 Å². The molecule has 0 aliphatic carbocycles. The molecule has 2 atom stereocenters. The lowest BCUT2D eigenvalue weighted by Gasteiger charge is -2.47. The number of carbonyl (C=O) groups is 2. The Bertz CT molecular complexity index is 767. The van der Waals surface area contributed by atoms with Gasteiger partial charge in [0.05, 0.1) is 19.1 Å². The van der Waals surface area contributed by atoms with E-state index in [4.69, 9.17) is 9.84 Å². The quantitative estimate of drug-likeness (QED) is 0.817. The van der Waals surface area contributed by atoms with Crippen LogP contribution >= 0.6 is 0 Å². The van der Waals surface area contributed by atoms with Gasteiger partial charge in [-0.1, -0.05) is 29.8 Å². The molecule has 0 aromatic heterocycles. The van der Waals surface area contributed by atoms with Gasteiger partial charge in [-0.2, -0.15) is 0 Å². The van der Waals surface area contributed by atoms with E-state index >= 15 is 0 Å². The minimum absolute atomic E-state index is 0.00913. The van der Waals surface area contributed by atoms with Crippen LogP contribution in [0.5, 0.6) is 5.75 Å². The molecule has 0 spiro atoms. The molecule has 3 rings (SSSR count). The fourth-order valence-electron chi connectivity index (χ4n) is 3.28. The molecule has 1 fully saturated rings. The molecule has 25 heavy (non-hydrogen) atoms. The van der Waals surface area contributed by atoms with Gasteiger partial charge in [-0.05, 0) is 43.2 Å². The number of carboxylic acid groups (broad SMARTS) is 1. The fourth-order valence-corrected chi connectivity index (χ4v) is 3.28. The number of amides is 1. The topological polar surface area (TPSA) is 66.8 Å². The normalized spacial score (nSPS) is 19.4. The molecule has 1 N–H and O–H groups in total. The average Bonchev–Trinajstić information content (AvgIpc) is 2.61. The van der Waals surface area contributed by atoms with E-state index in [1.807, 2.05) is 55.5 Å². The van der Waals surface area contributed by atoms with E-state index < -0.39 is 5.97 Å². The van der Waals surface area contributed by atoms with Gasteiger partial charge in [-0.3, -0.25) is 9.59 Å². The van der Waals surface area contributed by atoms with Crippen LogP contribution in [0.4, 0.5) is 5.69 Å². The van der Waals surface area contributed by atoms with Crippen molar-refractivity contribution in [2.75, 3.05) is 12.0 Å². The van der Waals surface area contributed by atoms with Gasteiger partial charge < -0.3 is 14.7 Å². The average molecular weight is 339 g/mol. The summed E-state index contributed by atoms with van der Waals surface area (Å²) in [5.41, 5.74) is 2.94. The number of carbonyl (C=O) groups excluding carboxylic acids is 1. The number of β-lactam (4-membered cyclic amide) rings is 1. The number of hydrogen-bond acceptors (Lipinski definition) is 3. The Morgan fingerprint density at radius 3 is 2.32 bits per heavy atom. The molecule has 2 aromatic carbocycles. The Morgan fingerprint density at radius 2 is 1.76 bits per heavy atom. The minimum Gasteiger partial charge on any atom is -0.497 e. The van der Waals surface area contributed by atoms with Gasteiger partial charge in [0.25, 0.3) is 0 Å². The van der Waals surface area contributed by atoms with Gasteiger partial charge in [-0.15, -0.1) is 0 Å². The first-order valence-electron chi connectivity index (χ1n) is 8.26. The van der Waals surface area contributed by atoms with Gasteiger partial charge in [0.2, 0.25) is 5.91 Å². The lowest BCUT2D eigenvalue weighted by atomic mass is 9.79. The van der Waals surface area contributed by atoms with Crippen LogP contribution < -0.4 is 9.64 Å². The summed E-state index contributed by atoms with van der Waals surface area (Å²) >= 11 is 0. The van der Waals surface area contributed by atoms with E-state index in [1.54, 1.807) is 12.0 Å². The Morgan fingerprint density at radius 1 is 1.12 bits per heavy atom. The largest absolute Gasteiger partial charge is 0.497 e. The van der Waals surface area contributed by atoms with Crippen molar-refractivity contribution in [2.24, 2.45) is 5.92 Å². The highest BCUT2D eigenvalue weighted by Crippen LogP contribution is 2.45. The highest BCUT2D eigenvalue weighted by molar-refractivity contribution is 6.03. The van der Waals surface area contributed by atoms with E-state index in [0.29, 0.717) is 6.42 Å². The molecule has 0 unspecified atom stereocenters. The minimum atomic E-state index is -0.880. The van der Waals surface area contributed by atoms with Crippen molar-refractivity contribution in [1.82, 2.24) is 0 Å². The van der Waals surface area contributed by atoms with Crippen molar-refractivity contribution in [3.05, 3.63) is 59.7 Å². The van der Waals surface area contributed by atoms with Crippen LogP contribution in [0.3, 0.4) is 0 Å². The van der Waals surface area contributed by atoms with E-state index in [9.17, 15) is 9.59 Å². The Kier molecular flexibility index (Phi) is 4.74. The summed E-state index contributed by atoms with van der Waals surface area (Å²) in [6, 6.07) is 15.2. The first kappa shape index (κ1) is 17.0. The first-order chi connectivity index (χ1) is 12.0. The van der Waals surface area contributed by atoms with Gasteiger partial charge in [-0.25, -0.2) is 0 Å². The number of anilines is 1. The molecule has 130 valence electrons. The van der Waals surface area contributed by atoms with Crippen LogP contribution in [0.15, 0.2) is 48.5 Å². The number of aryl methyl sites for hydroxylation is 1. The van der Waals surface area contributed by atoms with Gasteiger partial charge in [0, 0.05) is 12.1 Å². The summed E-state index contributed by atoms with van der Waals surface area (Å²) in [7, 11) is 1.61. The third-order valence-corrected chi connectivity index (χ3v) is 4.65. The van der Waals surface area contributed by atoms with Gasteiger partial charge >= 0.3 is 5.97 Å². The van der Waals surface area contributed by atoms with Crippen molar-refractivity contribution in [3.8, 4) is 5.75 Å². The number of methoxy groups -OCH3 is 1. The second-order valence-corrected chi connectivity index (χ2v) is 6.30. The van der Waals surface area contributed by atoms with Crippen molar-refractivity contribution < 1.29 is 19.4 Å². The van der Waals surface area contributed by atoms with E-state index in [-0.39, 0.29) is 24.3 Å². The molecule has 0 saturated carbocycles. The van der Waals surface area contributed by atoms with Crippen LogP contribution in [-0.2, 0) is 9.59 Å². The number of nitrogens with zero attached hydrogens (tertiary/aromatic N) is 1. The van der Waals surface area contributed by atoms with Crippen molar-refractivity contribution in [2.45, 2.75) is 25.8 Å². The third-order valence-electron chi connectivity index (χ3n) is 4.65. The molecule has 5 nitrogen and oxygen atoms in total. The molecule has 0 radical (unpaired) electrons. The molecule has 5 heteroatoms. The second-order valence-electron chi connectivity index (χ2n) is 6.30. The van der Waals surface area contributed by atoms with Crippen LogP contribution in [0.2, 0.25) is 0 Å². The lowest BCUT2D eigenvalue weighted by Crippen LogP contribution is -2.55. The van der Waals surface area contributed by atoms with Crippen molar-refractivity contribution in [3.63, 3.8) is 0 Å². The molecule has 2 aromatic rings. The van der Waals surface area contributed by atoms with Gasteiger partial charge in [0.15, 0.2) is 0 Å². The highest BCUT2D eigenvalue weighted by Gasteiger charge is 2.48. The van der Waals surface area contributed by atoms with E-state index in [1.165, 1.54) is 0 Å². The Balaban J connectivity index is 1.91. The predicted molar refractivity (Wildman–Crippen MR) is 94.8 cm³/mol. The van der Waals surface area contributed by atoms with Crippen molar-refractivity contribution in [1.29, 1.82) is 0 Å². The fraction of sp³-hybridized carbons (Fsp3) is 0.300. The summed E-state index contributed by atoms with van der Waals surface area (Å²) in [6.07, 6.45) is 0.331. The predicted octanol–water partition coefficient (Wildman–Crippen LogP) is 3.57. The SMILES string of the molecule is COc1ccc([C@@H]2[C@@H](CCC(=O)O)C(=O)N2c2ccc(C)cc2)cc1. The number of hydrogen-bond donors (Lipinski definition) is 1. The maximum absolute atomic E-state index is 12.7. The standard InChI is InChI=1S/C20H21NO4/c1-13-3-7-15(8-4-13)21-19(14-5-9-16(25-2)10-6-14)17(20(21)24)11-12-18(22)23/h3-10,17,19H,11-12H2,1-2H3,(H,22,23)/t17-,19-/m1/s1. The Labute approximate surface area is 146 Å². The number of benzene rings is 2. The highest BCUT2D eigenvalue weighted by atomic mass is 16.5. The molecular formula is C20H21NO4. The zero-order valence-electron chi connectivity index (χ0n) is 14.3. The number of rotatable bonds is 6. The van der Waals surface area contributed by atoms with E-state index in [0.717, 1.165) is 22.6 Å². The molecule has 1 saturated heterocycles. The molecule has 1 amide bonds. The second kappa shape index (κ2) is 6.97. The summed E-state index contributed by atoms with van der Waals surface area (Å²) in [4.78, 5) is 25.4. The molecule has 1 aliphatic rings. The zero-order valence-corrected chi connectivity index (χ0v) is 14.3. The smallest absolute Gasteiger partial charge is 0.303 e. The number of ether oxygens (including phenoxy) is 1. The molecule has 0 bridgehead atoms. The maximum Gasteiger partial charge on any atom is 0.303 e. The number of carboxylic acids is 1. The van der Waals surface area contributed by atoms with Crippen molar-refractivity contribution >= 4 is 17.6 Å². The third kappa shape index (κ3) is 3.36. The molecular weight excluding hydrogens is 318 g/mol. The zero-order chi connectivity index (χ0) is 18.0. The maximum atomic E-state index is 12.7. The van der Waals surface area contributed by atoms with Gasteiger partial charge in [0.1, 0.15) is 5.75 Å². The monoisotopic (exact) mass is 339 g/mol. The summed E-state index contributed by atoms with van der Waals surface area (Å²) in [5, 5.41) is 8.97.